The molecule has 0 spiro atoms. The van der Waals surface area contributed by atoms with Crippen LogP contribution in [0.3, 0.4) is 0 Å². The lowest BCUT2D eigenvalue weighted by atomic mass is 10.0. The highest BCUT2D eigenvalue weighted by Gasteiger charge is 2.31. The summed E-state index contributed by atoms with van der Waals surface area (Å²) in [5.41, 5.74) is 3.05. The third-order valence-corrected chi connectivity index (χ3v) is 8.42. The Morgan fingerprint density at radius 3 is 2.72 bits per heavy atom. The Bertz CT molecular complexity index is 1230. The molecule has 10 heteroatoms. The first-order valence-electron chi connectivity index (χ1n) is 10.3. The van der Waals surface area contributed by atoms with Gasteiger partial charge in [0.15, 0.2) is 0 Å². The molecule has 1 fully saturated rings. The van der Waals surface area contributed by atoms with Crippen molar-refractivity contribution >= 4 is 45.1 Å². The number of fused-ring (bicyclic) bond motifs is 1. The van der Waals surface area contributed by atoms with E-state index in [1.54, 1.807) is 52.3 Å². The summed E-state index contributed by atoms with van der Waals surface area (Å²) in [6.45, 7) is 1.38. The maximum Gasteiger partial charge on any atom is 0.264 e. The number of sulfonamides is 1. The minimum Gasteiger partial charge on any atom is -0.339 e. The average molecular weight is 487 g/mol. The van der Waals surface area contributed by atoms with Gasteiger partial charge in [0.05, 0.1) is 29.1 Å². The minimum absolute atomic E-state index is 0.143. The van der Waals surface area contributed by atoms with Crippen molar-refractivity contribution in [1.29, 1.82) is 0 Å². The number of allylic oxidation sites excluding steroid dienone is 2. The lowest BCUT2D eigenvalue weighted by Gasteiger charge is -2.28. The molecule has 2 aromatic rings. The summed E-state index contributed by atoms with van der Waals surface area (Å²) in [4.78, 5) is 15.3. The molecule has 1 saturated heterocycles. The Morgan fingerprint density at radius 1 is 1.09 bits per heavy atom. The van der Waals surface area contributed by atoms with Crippen molar-refractivity contribution in [2.24, 2.45) is 0 Å². The molecule has 166 valence electrons. The highest BCUT2D eigenvalue weighted by atomic mass is 32.2. The molecular weight excluding hydrogens is 464 g/mol. The maximum absolute atomic E-state index is 13.4. The number of carbonyl (C=O) groups excluding carboxylic acids is 1. The second-order valence-corrected chi connectivity index (χ2v) is 10.9. The van der Waals surface area contributed by atoms with Crippen LogP contribution in [0.25, 0.3) is 11.1 Å². The van der Waals surface area contributed by atoms with Gasteiger partial charge in [-0.05, 0) is 71.5 Å². The quantitative estimate of drug-likeness (QED) is 0.606. The molecule has 4 heterocycles. The van der Waals surface area contributed by atoms with Gasteiger partial charge in [-0.2, -0.15) is 11.3 Å². The summed E-state index contributed by atoms with van der Waals surface area (Å²) < 4.78 is 34.2. The highest BCUT2D eigenvalue weighted by Crippen LogP contribution is 2.35. The lowest BCUT2D eigenvalue weighted by molar-refractivity contribution is 0.0725. The number of nitrogens with zero attached hydrogens (tertiary/aromatic N) is 2. The number of anilines is 1. The van der Waals surface area contributed by atoms with Crippen molar-refractivity contribution in [2.75, 3.05) is 17.8 Å². The number of carbonyl (C=O) groups is 1. The molecule has 5 rings (SSSR count). The van der Waals surface area contributed by atoms with Gasteiger partial charge in [0.25, 0.3) is 15.9 Å². The largest absolute Gasteiger partial charge is 0.339 e. The van der Waals surface area contributed by atoms with Gasteiger partial charge in [0.1, 0.15) is 4.91 Å². The zero-order valence-corrected chi connectivity index (χ0v) is 19.6. The van der Waals surface area contributed by atoms with E-state index >= 15 is 0 Å². The van der Waals surface area contributed by atoms with Crippen LogP contribution >= 0.6 is 23.5 Å². The normalized spacial score (nSPS) is 18.0. The molecular formula is C22H22N4O3S3. The fraction of sp³-hybridized carbons (Fsp3) is 0.227. The number of hydrogen-bond donors (Lipinski definition) is 2. The van der Waals surface area contributed by atoms with E-state index in [2.05, 4.69) is 9.44 Å². The van der Waals surface area contributed by atoms with Crippen LogP contribution in [0.1, 0.15) is 29.6 Å². The molecule has 1 aromatic heterocycles. The van der Waals surface area contributed by atoms with Crippen molar-refractivity contribution < 1.29 is 13.2 Å². The van der Waals surface area contributed by atoms with Crippen LogP contribution in [0.4, 0.5) is 5.69 Å². The summed E-state index contributed by atoms with van der Waals surface area (Å²) in [5.74, 6) is -0.143. The Hall–Kier alpha value is -2.69. The maximum atomic E-state index is 13.4. The topological polar surface area (TPSA) is 81.8 Å². The van der Waals surface area contributed by atoms with Gasteiger partial charge >= 0.3 is 0 Å². The molecule has 0 unspecified atom stereocenters. The molecule has 2 N–H and O–H groups in total. The van der Waals surface area contributed by atoms with Crippen LogP contribution in [0.15, 0.2) is 70.2 Å². The number of thiophene rings is 1. The van der Waals surface area contributed by atoms with Crippen LogP contribution in [0.5, 0.6) is 0 Å². The molecule has 1 aromatic carbocycles. The first kappa shape index (κ1) is 21.2. The van der Waals surface area contributed by atoms with Crippen molar-refractivity contribution in [3.63, 3.8) is 0 Å². The standard InChI is InChI=1S/C22H22N4O3S3/c27-22(25-9-2-1-3-10-25)18-7-6-16(17-8-12-30-15-17)13-19(18)24-32(28,29)21-5-4-11-26-20(21)14-23-31-26/h4-8,11-15,23-24H,1-3,9-10H2. The molecule has 0 bridgehead atoms. The number of likely N-dealkylation sites (tertiary alicyclic amines) is 1. The van der Waals surface area contributed by atoms with E-state index in [0.29, 0.717) is 30.0 Å². The average Bonchev–Trinajstić information content (AvgIpc) is 3.51. The molecule has 0 atom stereocenters. The van der Waals surface area contributed by atoms with E-state index in [-0.39, 0.29) is 10.8 Å². The zero-order valence-electron chi connectivity index (χ0n) is 17.2. The summed E-state index contributed by atoms with van der Waals surface area (Å²) in [6.07, 6.45) is 9.74. The number of piperidine rings is 1. The minimum atomic E-state index is -3.93. The molecule has 0 aliphatic carbocycles. The molecule has 32 heavy (non-hydrogen) atoms. The van der Waals surface area contributed by atoms with Crippen LogP contribution in [-0.4, -0.2) is 36.6 Å². The second-order valence-electron chi connectivity index (χ2n) is 7.67. The zero-order chi connectivity index (χ0) is 22.1. The number of nitrogens with one attached hydrogen (secondary N) is 2. The predicted octanol–water partition coefficient (Wildman–Crippen LogP) is 4.50. The van der Waals surface area contributed by atoms with Crippen LogP contribution in [0.2, 0.25) is 0 Å². The van der Waals surface area contributed by atoms with Crippen LogP contribution in [0, 0.1) is 0 Å². The Labute approximate surface area is 195 Å². The first-order chi connectivity index (χ1) is 15.5. The van der Waals surface area contributed by atoms with Gasteiger partial charge in [0, 0.05) is 25.5 Å². The summed E-state index contributed by atoms with van der Waals surface area (Å²) in [7, 11) is -3.93. The fourth-order valence-corrected chi connectivity index (χ4v) is 6.59. The van der Waals surface area contributed by atoms with E-state index in [9.17, 15) is 13.2 Å². The van der Waals surface area contributed by atoms with Gasteiger partial charge in [0.2, 0.25) is 0 Å². The van der Waals surface area contributed by atoms with E-state index in [4.69, 9.17) is 0 Å². The van der Waals surface area contributed by atoms with E-state index in [1.165, 1.54) is 12.1 Å². The SMILES string of the molecule is O=C(c1ccc(-c2ccsc2)cc1NS(=O)(=O)C1=CC=CN2SNC=C12)N1CCCCC1. The Balaban J connectivity index is 1.53. The molecule has 1 amide bonds. The number of hydrogen-bond acceptors (Lipinski definition) is 7. The Morgan fingerprint density at radius 2 is 1.94 bits per heavy atom. The smallest absolute Gasteiger partial charge is 0.264 e. The molecule has 0 radical (unpaired) electrons. The van der Waals surface area contributed by atoms with Crippen molar-refractivity contribution in [1.82, 2.24) is 13.9 Å². The Kier molecular flexibility index (Phi) is 5.75. The highest BCUT2D eigenvalue weighted by molar-refractivity contribution is 7.97. The van der Waals surface area contributed by atoms with Gasteiger partial charge in [-0.3, -0.25) is 13.8 Å². The van der Waals surface area contributed by atoms with Gasteiger partial charge in [-0.1, -0.05) is 6.07 Å². The van der Waals surface area contributed by atoms with Crippen LogP contribution < -0.4 is 9.44 Å². The number of rotatable bonds is 5. The molecule has 7 nitrogen and oxygen atoms in total. The fourth-order valence-electron chi connectivity index (χ4n) is 3.95. The van der Waals surface area contributed by atoms with Crippen molar-refractivity contribution in [3.05, 3.63) is 75.7 Å². The third-order valence-electron chi connectivity index (χ3n) is 5.59. The molecule has 3 aliphatic rings. The summed E-state index contributed by atoms with van der Waals surface area (Å²) in [6, 6.07) is 7.34. The van der Waals surface area contributed by atoms with Gasteiger partial charge in [-0.15, -0.1) is 0 Å². The van der Waals surface area contributed by atoms with Gasteiger partial charge in [-0.25, -0.2) is 8.42 Å². The summed E-state index contributed by atoms with van der Waals surface area (Å²) in [5, 5.41) is 3.97. The third kappa shape index (κ3) is 4.05. The second kappa shape index (κ2) is 8.68. The number of amides is 1. The van der Waals surface area contributed by atoms with Crippen molar-refractivity contribution in [3.8, 4) is 11.1 Å². The molecule has 0 saturated carbocycles. The van der Waals surface area contributed by atoms with E-state index in [1.807, 2.05) is 27.8 Å². The lowest BCUT2D eigenvalue weighted by Crippen LogP contribution is -2.36. The first-order valence-corrected chi connectivity index (χ1v) is 13.5. The molecule has 3 aliphatic heterocycles. The van der Waals surface area contributed by atoms with Crippen LogP contribution in [-0.2, 0) is 10.0 Å². The predicted molar refractivity (Wildman–Crippen MR) is 130 cm³/mol. The van der Waals surface area contributed by atoms with E-state index < -0.39 is 10.0 Å². The van der Waals surface area contributed by atoms with Gasteiger partial charge < -0.3 is 9.62 Å². The van der Waals surface area contributed by atoms with Crippen molar-refractivity contribution in [2.45, 2.75) is 19.3 Å². The summed E-state index contributed by atoms with van der Waals surface area (Å²) >= 11 is 2.86. The van der Waals surface area contributed by atoms with E-state index in [0.717, 1.165) is 30.4 Å². The monoisotopic (exact) mass is 486 g/mol. The number of benzene rings is 1.